The van der Waals surface area contributed by atoms with Crippen LogP contribution in [0.15, 0.2) is 12.3 Å². The molecule has 1 heterocycles. The molecule has 1 aromatic heterocycles. The van der Waals surface area contributed by atoms with E-state index in [2.05, 4.69) is 10.3 Å². The van der Waals surface area contributed by atoms with Crippen molar-refractivity contribution < 1.29 is 4.79 Å². The van der Waals surface area contributed by atoms with Crippen LogP contribution >= 0.6 is 0 Å². The largest absolute Gasteiger partial charge is 0.313 e. The number of fused-ring (bicyclic) bond motifs is 1. The molecule has 0 fully saturated rings. The molecule has 74 valence electrons. The number of hydrogen-bond acceptors (Lipinski definition) is 3. The molecule has 0 amide bonds. The monoisotopic (exact) mass is 190 g/mol. The number of nitrogens with one attached hydrogen (secondary N) is 1. The maximum Gasteiger partial charge on any atom is 0.178 e. The van der Waals surface area contributed by atoms with Crippen LogP contribution in [-0.4, -0.2) is 24.4 Å². The van der Waals surface area contributed by atoms with Gasteiger partial charge in [0.1, 0.15) is 0 Å². The molecular weight excluding hydrogens is 176 g/mol. The van der Waals surface area contributed by atoms with Gasteiger partial charge in [-0.05, 0) is 37.9 Å². The van der Waals surface area contributed by atoms with Gasteiger partial charge < -0.3 is 5.32 Å². The molecule has 1 aliphatic rings. The van der Waals surface area contributed by atoms with Gasteiger partial charge in [0.2, 0.25) is 0 Å². The van der Waals surface area contributed by atoms with Crippen molar-refractivity contribution in [3.05, 3.63) is 29.1 Å². The van der Waals surface area contributed by atoms with E-state index in [4.69, 9.17) is 0 Å². The molecule has 0 unspecified atom stereocenters. The second-order valence-electron chi connectivity index (χ2n) is 3.64. The second kappa shape index (κ2) is 3.88. The van der Waals surface area contributed by atoms with Crippen LogP contribution in [0.2, 0.25) is 0 Å². The second-order valence-corrected chi connectivity index (χ2v) is 3.64. The van der Waals surface area contributed by atoms with E-state index >= 15 is 0 Å². The number of nitrogens with zero attached hydrogens (tertiary/aromatic N) is 1. The van der Waals surface area contributed by atoms with Gasteiger partial charge in [0.25, 0.3) is 0 Å². The van der Waals surface area contributed by atoms with Crippen LogP contribution in [0.4, 0.5) is 0 Å². The first-order valence-corrected chi connectivity index (χ1v) is 4.97. The highest BCUT2D eigenvalue weighted by molar-refractivity contribution is 5.97. The van der Waals surface area contributed by atoms with Gasteiger partial charge in [-0.1, -0.05) is 0 Å². The molecule has 14 heavy (non-hydrogen) atoms. The van der Waals surface area contributed by atoms with Crippen LogP contribution < -0.4 is 5.32 Å². The van der Waals surface area contributed by atoms with Crippen molar-refractivity contribution in [1.29, 1.82) is 0 Å². The van der Waals surface area contributed by atoms with Crippen molar-refractivity contribution in [3.63, 3.8) is 0 Å². The minimum atomic E-state index is 0.120. The Morgan fingerprint density at radius 1 is 1.57 bits per heavy atom. The summed E-state index contributed by atoms with van der Waals surface area (Å²) in [6, 6.07) is 2.00. The van der Waals surface area contributed by atoms with Crippen molar-refractivity contribution in [2.45, 2.75) is 19.3 Å². The first-order valence-electron chi connectivity index (χ1n) is 4.97. The fraction of sp³-hybridized carbons (Fsp3) is 0.455. The summed E-state index contributed by atoms with van der Waals surface area (Å²) in [7, 11) is 1.78. The van der Waals surface area contributed by atoms with Crippen LogP contribution in [0.1, 0.15) is 28.0 Å². The zero-order chi connectivity index (χ0) is 9.97. The van der Waals surface area contributed by atoms with Crippen LogP contribution in [0, 0.1) is 0 Å². The number of aromatic nitrogens is 1. The number of Topliss-reactive ketones (excluding diaryl/α,β-unsaturated/α-hetero) is 1. The fourth-order valence-corrected chi connectivity index (χ4v) is 1.84. The third-order valence-electron chi connectivity index (χ3n) is 2.58. The molecule has 1 N–H and O–H groups in total. The third kappa shape index (κ3) is 1.68. The van der Waals surface area contributed by atoms with Crippen LogP contribution in [-0.2, 0) is 12.8 Å². The molecule has 0 atom stereocenters. The number of carbonyl (C=O) groups is 1. The Kier molecular flexibility index (Phi) is 2.59. The summed E-state index contributed by atoms with van der Waals surface area (Å²) in [5.41, 5.74) is 3.16. The average Bonchev–Trinajstić information content (AvgIpc) is 2.64. The number of rotatable bonds is 3. The molecule has 0 aromatic carbocycles. The highest BCUT2D eigenvalue weighted by Gasteiger charge is 2.14. The van der Waals surface area contributed by atoms with Gasteiger partial charge in [-0.25, -0.2) is 0 Å². The SMILES string of the molecule is CNCC(=O)c1cnc2c(c1)CCC2. The molecule has 2 rings (SSSR count). The highest BCUT2D eigenvalue weighted by atomic mass is 16.1. The Balaban J connectivity index is 2.24. The van der Waals surface area contributed by atoms with Gasteiger partial charge in [0, 0.05) is 17.5 Å². The van der Waals surface area contributed by atoms with Gasteiger partial charge >= 0.3 is 0 Å². The molecule has 0 radical (unpaired) electrons. The lowest BCUT2D eigenvalue weighted by Gasteiger charge is -2.02. The number of hydrogen-bond donors (Lipinski definition) is 1. The normalized spacial score (nSPS) is 14.1. The molecule has 0 spiro atoms. The van der Waals surface area contributed by atoms with E-state index in [1.54, 1.807) is 13.2 Å². The van der Waals surface area contributed by atoms with Crippen LogP contribution in [0.25, 0.3) is 0 Å². The topological polar surface area (TPSA) is 42.0 Å². The van der Waals surface area contributed by atoms with E-state index in [0.29, 0.717) is 6.54 Å². The molecule has 3 nitrogen and oxygen atoms in total. The van der Waals surface area contributed by atoms with Gasteiger partial charge in [0.15, 0.2) is 5.78 Å². The predicted molar refractivity (Wildman–Crippen MR) is 54.5 cm³/mol. The lowest BCUT2D eigenvalue weighted by atomic mass is 10.1. The average molecular weight is 190 g/mol. The van der Waals surface area contributed by atoms with Gasteiger partial charge in [-0.2, -0.15) is 0 Å². The van der Waals surface area contributed by atoms with Crippen molar-refractivity contribution in [3.8, 4) is 0 Å². The predicted octanol–water partition coefficient (Wildman–Crippen LogP) is 0.972. The molecule has 1 aromatic rings. The first-order chi connectivity index (χ1) is 6.81. The summed E-state index contributed by atoms with van der Waals surface area (Å²) in [5, 5.41) is 2.86. The van der Waals surface area contributed by atoms with Crippen molar-refractivity contribution in [1.82, 2.24) is 10.3 Å². The summed E-state index contributed by atoms with van der Waals surface area (Å²) in [4.78, 5) is 15.9. The first kappa shape index (κ1) is 9.34. The van der Waals surface area contributed by atoms with Gasteiger partial charge in [-0.3, -0.25) is 9.78 Å². The Morgan fingerprint density at radius 3 is 3.21 bits per heavy atom. The minimum Gasteiger partial charge on any atom is -0.313 e. The Bertz CT molecular complexity index is 360. The smallest absolute Gasteiger partial charge is 0.178 e. The van der Waals surface area contributed by atoms with E-state index < -0.39 is 0 Å². The number of carbonyl (C=O) groups excluding carboxylic acids is 1. The Hall–Kier alpha value is -1.22. The number of aryl methyl sites for hydroxylation is 2. The third-order valence-corrected chi connectivity index (χ3v) is 2.58. The molecule has 3 heteroatoms. The molecule has 0 saturated heterocycles. The lowest BCUT2D eigenvalue weighted by molar-refractivity contribution is 0.0993. The van der Waals surface area contributed by atoms with E-state index in [1.165, 1.54) is 17.7 Å². The summed E-state index contributed by atoms with van der Waals surface area (Å²) >= 11 is 0. The molecule has 0 saturated carbocycles. The van der Waals surface area contributed by atoms with E-state index in [0.717, 1.165) is 18.4 Å². The maximum atomic E-state index is 11.5. The van der Waals surface area contributed by atoms with Crippen LogP contribution in [0.5, 0.6) is 0 Å². The molecule has 0 bridgehead atoms. The Morgan fingerprint density at radius 2 is 2.43 bits per heavy atom. The standard InChI is InChI=1S/C11H14N2O/c1-12-7-11(14)9-5-8-3-2-4-10(8)13-6-9/h5-6,12H,2-4,7H2,1H3. The summed E-state index contributed by atoms with van der Waals surface area (Å²) in [5.74, 6) is 0.120. The minimum absolute atomic E-state index is 0.120. The van der Waals surface area contributed by atoms with Gasteiger partial charge in [-0.15, -0.1) is 0 Å². The summed E-state index contributed by atoms with van der Waals surface area (Å²) in [6.45, 7) is 0.389. The number of ketones is 1. The maximum absolute atomic E-state index is 11.5. The lowest BCUT2D eigenvalue weighted by Crippen LogP contribution is -2.18. The van der Waals surface area contributed by atoms with E-state index in [9.17, 15) is 4.79 Å². The zero-order valence-electron chi connectivity index (χ0n) is 8.34. The fourth-order valence-electron chi connectivity index (χ4n) is 1.84. The number of pyridine rings is 1. The van der Waals surface area contributed by atoms with Gasteiger partial charge in [0.05, 0.1) is 6.54 Å². The van der Waals surface area contributed by atoms with Crippen molar-refractivity contribution >= 4 is 5.78 Å². The zero-order valence-corrected chi connectivity index (χ0v) is 8.34. The number of likely N-dealkylation sites (N-methyl/N-ethyl adjacent to an activating group) is 1. The summed E-state index contributed by atoms with van der Waals surface area (Å²) in [6.07, 6.45) is 5.01. The van der Waals surface area contributed by atoms with Crippen molar-refractivity contribution in [2.75, 3.05) is 13.6 Å². The Labute approximate surface area is 83.5 Å². The highest BCUT2D eigenvalue weighted by Crippen LogP contribution is 2.20. The van der Waals surface area contributed by atoms with Crippen LogP contribution in [0.3, 0.4) is 0 Å². The quantitative estimate of drug-likeness (QED) is 0.722. The van der Waals surface area contributed by atoms with E-state index in [-0.39, 0.29) is 5.78 Å². The molecule has 0 aliphatic heterocycles. The van der Waals surface area contributed by atoms with E-state index in [1.807, 2.05) is 6.07 Å². The van der Waals surface area contributed by atoms with Crippen molar-refractivity contribution in [2.24, 2.45) is 0 Å². The molecular formula is C11H14N2O. The summed E-state index contributed by atoms with van der Waals surface area (Å²) < 4.78 is 0. The molecule has 1 aliphatic carbocycles.